The second kappa shape index (κ2) is 19.6. The van der Waals surface area contributed by atoms with Crippen molar-refractivity contribution in [3.05, 3.63) is 96.1 Å². The van der Waals surface area contributed by atoms with E-state index in [9.17, 15) is 19.2 Å². The Morgan fingerprint density at radius 3 is 1.89 bits per heavy atom. The van der Waals surface area contributed by atoms with Gasteiger partial charge in [0.1, 0.15) is 41.0 Å². The number of alkyl carbamates (subject to hydrolysis) is 2. The summed E-state index contributed by atoms with van der Waals surface area (Å²) in [6, 6.07) is 16.8. The summed E-state index contributed by atoms with van der Waals surface area (Å²) >= 11 is 0. The van der Waals surface area contributed by atoms with E-state index in [2.05, 4.69) is 20.6 Å². The minimum atomic E-state index is -0.782. The van der Waals surface area contributed by atoms with Crippen molar-refractivity contribution >= 4 is 34.9 Å². The lowest BCUT2D eigenvalue weighted by Gasteiger charge is -2.31. The van der Waals surface area contributed by atoms with Gasteiger partial charge in [0.15, 0.2) is 0 Å². The van der Waals surface area contributed by atoms with Crippen LogP contribution in [0.5, 0.6) is 11.5 Å². The van der Waals surface area contributed by atoms with Gasteiger partial charge in [-0.1, -0.05) is 45.9 Å². The van der Waals surface area contributed by atoms with Crippen LogP contribution in [0.2, 0.25) is 0 Å². The Morgan fingerprint density at radius 2 is 1.33 bits per heavy atom. The summed E-state index contributed by atoms with van der Waals surface area (Å²) in [6.45, 7) is 12.5. The van der Waals surface area contributed by atoms with Crippen molar-refractivity contribution in [3.63, 3.8) is 0 Å². The number of likely N-dealkylation sites (tertiary alicyclic amines) is 2. The minimum absolute atomic E-state index is 0.0658. The number of rotatable bonds is 13. The molecule has 0 saturated carbocycles. The first kappa shape index (κ1) is 47.7. The molecule has 17 nitrogen and oxygen atoms in total. The van der Waals surface area contributed by atoms with Crippen molar-refractivity contribution in [3.8, 4) is 45.3 Å². The summed E-state index contributed by atoms with van der Waals surface area (Å²) in [5, 5.41) is 6.22. The van der Waals surface area contributed by atoms with Crippen molar-refractivity contribution in [2.24, 2.45) is 11.8 Å². The molecule has 18 heteroatoms. The first-order chi connectivity index (χ1) is 33.6. The standard InChI is InChI=1S/C52H60FN9O8/c1-27(2)44(58-51(65)67-7)48(63)60-18-10-14-39(60)46-54-25-36(56-46)30-16-17-38-33(20-30)23-41-43-35(53)22-32(24-42(43)70-50(62(38)41)31-12-9-13-34(21-31)69-29(5)6)37-26-55-47(57-37)40-15-11-19-61(40)49(64)45(28(3)4)59-52(66)68-8/h9,12-13,16-17,20-29,39-40,44-45,50H,10-11,14-15,18-19H2,1-8H3,(H,54,56)(H,55,57)(H,58,65)(H,59,66)/t39-,40-,44+,45+,50?/m0/s1. The van der Waals surface area contributed by atoms with Crippen molar-refractivity contribution in [1.82, 2.24) is 44.9 Å². The number of H-pyrrole nitrogens is 2. The number of ether oxygens (including phenoxy) is 4. The van der Waals surface area contributed by atoms with E-state index in [0.717, 1.165) is 40.6 Å². The Kier molecular flexibility index (Phi) is 13.3. The van der Waals surface area contributed by atoms with Crippen LogP contribution >= 0.6 is 0 Å². The number of aromatic amines is 2. The van der Waals surface area contributed by atoms with Crippen molar-refractivity contribution < 1.29 is 42.5 Å². The SMILES string of the molecule is COC(=O)N[C@@H](C(=O)N1CCC[C@H]1c1ncc(-c2cc(F)c3c(c2)OC(c2cccc(OC(C)C)c2)n2c-3cc3cc(-c4cnc([C@@H]5CCCN5C(=O)[C@H](NC(=O)OC)C(C)C)[nH]4)ccc32)[nH]1)C(C)C. The second-order valence-corrected chi connectivity index (χ2v) is 19.2. The highest BCUT2D eigenvalue weighted by atomic mass is 19.1. The Hall–Kier alpha value is -7.37. The topological polar surface area (TPSA) is 198 Å². The van der Waals surface area contributed by atoms with Gasteiger partial charge in [-0.05, 0) is 93.8 Å². The molecule has 70 heavy (non-hydrogen) atoms. The van der Waals surface area contributed by atoms with Crippen LogP contribution in [0.25, 0.3) is 44.7 Å². The van der Waals surface area contributed by atoms with Crippen LogP contribution in [0.4, 0.5) is 14.0 Å². The fraction of sp³-hybridized carbons (Fsp3) is 0.423. The van der Waals surface area contributed by atoms with Crippen LogP contribution in [-0.2, 0) is 19.1 Å². The van der Waals surface area contributed by atoms with E-state index in [1.807, 2.05) is 101 Å². The lowest BCUT2D eigenvalue weighted by Crippen LogP contribution is -2.51. The summed E-state index contributed by atoms with van der Waals surface area (Å²) in [5.74, 6) is 0.953. The number of carbonyl (C=O) groups excluding carboxylic acids is 4. The zero-order chi connectivity index (χ0) is 49.5. The molecule has 4 N–H and O–H groups in total. The van der Waals surface area contributed by atoms with Gasteiger partial charge in [0.2, 0.25) is 18.0 Å². The van der Waals surface area contributed by atoms with Gasteiger partial charge in [-0.2, -0.15) is 0 Å². The molecule has 4 amide bonds. The molecule has 2 saturated heterocycles. The Bertz CT molecular complexity index is 2940. The van der Waals surface area contributed by atoms with Crippen LogP contribution in [0, 0.1) is 17.7 Å². The van der Waals surface area contributed by atoms with E-state index in [1.165, 1.54) is 20.3 Å². The van der Waals surface area contributed by atoms with Crippen molar-refractivity contribution in [1.29, 1.82) is 0 Å². The predicted octanol–water partition coefficient (Wildman–Crippen LogP) is 9.04. The quantitative estimate of drug-likeness (QED) is 0.0867. The highest BCUT2D eigenvalue weighted by Crippen LogP contribution is 2.48. The Balaban J connectivity index is 1.05. The van der Waals surface area contributed by atoms with E-state index < -0.39 is 36.3 Å². The van der Waals surface area contributed by atoms with Crippen molar-refractivity contribution in [2.75, 3.05) is 27.3 Å². The average Bonchev–Trinajstić information content (AvgIpc) is 4.20. The van der Waals surface area contributed by atoms with Crippen LogP contribution in [0.15, 0.2) is 73.1 Å². The predicted molar refractivity (Wildman–Crippen MR) is 259 cm³/mol. The molecule has 3 aliphatic rings. The molecule has 0 spiro atoms. The lowest BCUT2D eigenvalue weighted by molar-refractivity contribution is -0.136. The summed E-state index contributed by atoms with van der Waals surface area (Å²) in [5.41, 5.74) is 5.18. The molecule has 6 aromatic rings. The van der Waals surface area contributed by atoms with Gasteiger partial charge >= 0.3 is 12.2 Å². The van der Waals surface area contributed by atoms with Crippen LogP contribution in [0.3, 0.4) is 0 Å². The van der Waals surface area contributed by atoms with E-state index in [4.69, 9.17) is 28.9 Å². The molecule has 3 aromatic heterocycles. The van der Waals surface area contributed by atoms with E-state index in [-0.39, 0.29) is 41.8 Å². The molecule has 6 heterocycles. The first-order valence-electron chi connectivity index (χ1n) is 24.0. The molecule has 3 aliphatic heterocycles. The van der Waals surface area contributed by atoms with E-state index in [0.29, 0.717) is 71.6 Å². The normalized spacial score (nSPS) is 18.4. The molecule has 0 aliphatic carbocycles. The van der Waals surface area contributed by atoms with E-state index >= 15 is 4.39 Å². The number of imidazole rings is 2. The van der Waals surface area contributed by atoms with Gasteiger partial charge in [-0.25, -0.2) is 23.9 Å². The van der Waals surface area contributed by atoms with Gasteiger partial charge in [0.05, 0.1) is 73.0 Å². The number of carbonyl (C=O) groups is 4. The van der Waals surface area contributed by atoms with Crippen LogP contribution in [-0.4, -0.2) is 104 Å². The number of benzene rings is 3. The molecule has 2 fully saturated rings. The van der Waals surface area contributed by atoms with E-state index in [1.54, 1.807) is 22.2 Å². The van der Waals surface area contributed by atoms with Gasteiger partial charge < -0.3 is 53.9 Å². The lowest BCUT2D eigenvalue weighted by atomic mass is 10.0. The monoisotopic (exact) mass is 957 g/mol. The molecule has 9 rings (SSSR count). The second-order valence-electron chi connectivity index (χ2n) is 19.2. The largest absolute Gasteiger partial charge is 0.491 e. The molecular weight excluding hydrogens is 898 g/mol. The minimum Gasteiger partial charge on any atom is -0.491 e. The van der Waals surface area contributed by atoms with Crippen molar-refractivity contribution in [2.45, 2.75) is 104 Å². The maximum atomic E-state index is 17.0. The maximum Gasteiger partial charge on any atom is 0.407 e. The zero-order valence-corrected chi connectivity index (χ0v) is 40.7. The van der Waals surface area contributed by atoms with Gasteiger partial charge in [0, 0.05) is 35.2 Å². The van der Waals surface area contributed by atoms with Gasteiger partial charge in [-0.3, -0.25) is 9.59 Å². The molecular formula is C52H60FN9O8. The number of halogens is 1. The highest BCUT2D eigenvalue weighted by molar-refractivity contribution is 5.93. The number of nitrogens with zero attached hydrogens (tertiary/aromatic N) is 5. The number of hydrogen-bond donors (Lipinski definition) is 4. The summed E-state index contributed by atoms with van der Waals surface area (Å²) < 4.78 is 41.6. The number of nitrogens with one attached hydrogen (secondary N) is 4. The third kappa shape index (κ3) is 9.13. The number of methoxy groups -OCH3 is 2. The third-order valence-electron chi connectivity index (χ3n) is 13.4. The molecule has 0 bridgehead atoms. The number of amides is 4. The van der Waals surface area contributed by atoms with Crippen LogP contribution in [0.1, 0.15) is 103 Å². The molecule has 1 unspecified atom stereocenters. The number of hydrogen-bond acceptors (Lipinski definition) is 10. The van der Waals surface area contributed by atoms with Gasteiger partial charge in [-0.15, -0.1) is 0 Å². The Morgan fingerprint density at radius 1 is 0.743 bits per heavy atom. The number of aromatic nitrogens is 5. The smallest absolute Gasteiger partial charge is 0.407 e. The first-order valence-corrected chi connectivity index (χ1v) is 24.0. The third-order valence-corrected chi connectivity index (χ3v) is 13.4. The van der Waals surface area contributed by atoms with Crippen LogP contribution < -0.4 is 20.1 Å². The molecule has 0 radical (unpaired) electrons. The summed E-state index contributed by atoms with van der Waals surface area (Å²) in [7, 11) is 2.54. The highest BCUT2D eigenvalue weighted by Gasteiger charge is 2.40. The Labute approximate surface area is 405 Å². The van der Waals surface area contributed by atoms with Gasteiger partial charge in [0.25, 0.3) is 0 Å². The fourth-order valence-corrected chi connectivity index (χ4v) is 10.0. The number of fused-ring (bicyclic) bond motifs is 5. The molecule has 3 aromatic carbocycles. The maximum absolute atomic E-state index is 17.0. The average molecular weight is 958 g/mol. The zero-order valence-electron chi connectivity index (χ0n) is 40.7. The summed E-state index contributed by atoms with van der Waals surface area (Å²) in [6.07, 6.45) is 4.19. The molecule has 368 valence electrons. The summed E-state index contributed by atoms with van der Waals surface area (Å²) in [4.78, 5) is 71.8. The fourth-order valence-electron chi connectivity index (χ4n) is 10.0. The molecule has 5 atom stereocenters.